The van der Waals surface area contributed by atoms with Crippen LogP contribution >= 0.6 is 0 Å². The van der Waals surface area contributed by atoms with Crippen LogP contribution in [0.15, 0.2) is 72.8 Å². The molecule has 0 unspecified atom stereocenters. The van der Waals surface area contributed by atoms with E-state index in [0.717, 1.165) is 23.2 Å². The molecule has 1 amide bonds. The summed E-state index contributed by atoms with van der Waals surface area (Å²) < 4.78 is 5.58. The Labute approximate surface area is 159 Å². The summed E-state index contributed by atoms with van der Waals surface area (Å²) in [5.41, 5.74) is 2.83. The van der Waals surface area contributed by atoms with E-state index in [0.29, 0.717) is 19.0 Å². The quantitative estimate of drug-likeness (QED) is 0.619. The average molecular weight is 361 g/mol. The van der Waals surface area contributed by atoms with Crippen LogP contribution in [0.25, 0.3) is 11.3 Å². The summed E-state index contributed by atoms with van der Waals surface area (Å²) in [4.78, 5) is 12.4. The van der Waals surface area contributed by atoms with E-state index in [9.17, 15) is 4.79 Å². The van der Waals surface area contributed by atoms with Crippen molar-refractivity contribution in [3.05, 3.63) is 78.4 Å². The van der Waals surface area contributed by atoms with Crippen molar-refractivity contribution in [1.29, 1.82) is 0 Å². The van der Waals surface area contributed by atoms with Crippen molar-refractivity contribution in [1.82, 2.24) is 15.5 Å². The zero-order chi connectivity index (χ0) is 18.9. The fourth-order valence-corrected chi connectivity index (χ4v) is 2.87. The van der Waals surface area contributed by atoms with Crippen LogP contribution in [0.4, 0.5) is 0 Å². The van der Waals surface area contributed by atoms with Crippen LogP contribution in [-0.4, -0.2) is 29.3 Å². The van der Waals surface area contributed by atoms with Gasteiger partial charge in [-0.05, 0) is 18.1 Å². The third-order valence-electron chi connectivity index (χ3n) is 4.29. The van der Waals surface area contributed by atoms with Gasteiger partial charge in [-0.3, -0.25) is 4.79 Å². The largest absolute Gasteiger partial charge is 0.475 e. The summed E-state index contributed by atoms with van der Waals surface area (Å²) in [6.07, 6.45) is 0.753. The number of nitrogens with zero attached hydrogens (tertiary/aromatic N) is 2. The van der Waals surface area contributed by atoms with Crippen LogP contribution in [0.3, 0.4) is 0 Å². The number of hydrogen-bond acceptors (Lipinski definition) is 4. The molecular formula is C22H23N3O2. The zero-order valence-electron chi connectivity index (χ0n) is 15.3. The number of carbonyl (C=O) groups excluding carboxylic acids is 1. The third kappa shape index (κ3) is 5.14. The molecule has 3 rings (SSSR count). The molecule has 0 aliphatic carbocycles. The molecule has 0 aliphatic heterocycles. The maximum atomic E-state index is 12.4. The molecule has 0 spiro atoms. The summed E-state index contributed by atoms with van der Waals surface area (Å²) in [5, 5.41) is 11.2. The Hall–Kier alpha value is -3.21. The second kappa shape index (κ2) is 9.48. The molecule has 0 saturated carbocycles. The molecule has 138 valence electrons. The Morgan fingerprint density at radius 2 is 1.67 bits per heavy atom. The van der Waals surface area contributed by atoms with E-state index in [2.05, 4.69) is 15.5 Å². The Bertz CT molecular complexity index is 836. The Kier molecular flexibility index (Phi) is 6.52. The lowest BCUT2D eigenvalue weighted by atomic mass is 9.96. The summed E-state index contributed by atoms with van der Waals surface area (Å²) in [6.45, 7) is 2.78. The van der Waals surface area contributed by atoms with E-state index in [4.69, 9.17) is 4.74 Å². The molecule has 0 radical (unpaired) electrons. The van der Waals surface area contributed by atoms with Crippen molar-refractivity contribution in [2.45, 2.75) is 19.3 Å². The molecular weight excluding hydrogens is 338 g/mol. The van der Waals surface area contributed by atoms with E-state index in [1.807, 2.05) is 73.7 Å². The van der Waals surface area contributed by atoms with Gasteiger partial charge in [-0.25, -0.2) is 0 Å². The van der Waals surface area contributed by atoms with Gasteiger partial charge in [-0.1, -0.05) is 67.6 Å². The molecule has 1 N–H and O–H groups in total. The summed E-state index contributed by atoms with van der Waals surface area (Å²) in [7, 11) is 0. The van der Waals surface area contributed by atoms with E-state index < -0.39 is 0 Å². The van der Waals surface area contributed by atoms with Gasteiger partial charge in [-0.15, -0.1) is 10.2 Å². The first-order chi connectivity index (χ1) is 13.3. The molecule has 1 heterocycles. The highest BCUT2D eigenvalue weighted by Crippen LogP contribution is 2.19. The van der Waals surface area contributed by atoms with Crippen molar-refractivity contribution >= 4 is 5.91 Å². The molecule has 3 aromatic rings. The minimum atomic E-state index is -0.142. The number of ether oxygens (including phenoxy) is 1. The molecule has 5 nitrogen and oxygen atoms in total. The predicted octanol–water partition coefficient (Wildman–Crippen LogP) is 3.83. The molecule has 1 atom stereocenters. The van der Waals surface area contributed by atoms with Crippen LogP contribution < -0.4 is 10.1 Å². The molecule has 1 aromatic heterocycles. The molecule has 2 aromatic carbocycles. The average Bonchev–Trinajstić information content (AvgIpc) is 2.74. The number of hydrogen-bond donors (Lipinski definition) is 1. The maximum Gasteiger partial charge on any atom is 0.233 e. The first-order valence-corrected chi connectivity index (χ1v) is 9.12. The van der Waals surface area contributed by atoms with Gasteiger partial charge in [0, 0.05) is 11.6 Å². The molecule has 27 heavy (non-hydrogen) atoms. The normalized spacial score (nSPS) is 11.6. The lowest BCUT2D eigenvalue weighted by Crippen LogP contribution is -2.32. The second-order valence-electron chi connectivity index (χ2n) is 6.13. The predicted molar refractivity (Wildman–Crippen MR) is 105 cm³/mol. The Morgan fingerprint density at radius 1 is 0.963 bits per heavy atom. The van der Waals surface area contributed by atoms with E-state index >= 15 is 0 Å². The monoisotopic (exact) mass is 361 g/mol. The Balaban J connectivity index is 1.46. The highest BCUT2D eigenvalue weighted by Gasteiger charge is 2.17. The first-order valence-electron chi connectivity index (χ1n) is 9.12. The van der Waals surface area contributed by atoms with Crippen LogP contribution in [-0.2, 0) is 4.79 Å². The van der Waals surface area contributed by atoms with Crippen LogP contribution in [0.1, 0.15) is 24.8 Å². The van der Waals surface area contributed by atoms with Gasteiger partial charge in [0.05, 0.1) is 18.2 Å². The van der Waals surface area contributed by atoms with Gasteiger partial charge >= 0.3 is 0 Å². The van der Waals surface area contributed by atoms with Gasteiger partial charge in [0.1, 0.15) is 6.61 Å². The number of rotatable bonds is 8. The first kappa shape index (κ1) is 18.6. The van der Waals surface area contributed by atoms with Gasteiger partial charge in [0.25, 0.3) is 0 Å². The van der Waals surface area contributed by atoms with E-state index in [-0.39, 0.29) is 11.8 Å². The number of carbonyl (C=O) groups is 1. The van der Waals surface area contributed by atoms with E-state index in [1.54, 1.807) is 6.07 Å². The molecule has 0 saturated heterocycles. The lowest BCUT2D eigenvalue weighted by Gasteiger charge is -2.15. The van der Waals surface area contributed by atoms with Crippen molar-refractivity contribution < 1.29 is 9.53 Å². The zero-order valence-corrected chi connectivity index (χ0v) is 15.3. The van der Waals surface area contributed by atoms with Crippen molar-refractivity contribution in [3.8, 4) is 17.1 Å². The van der Waals surface area contributed by atoms with Crippen molar-refractivity contribution in [3.63, 3.8) is 0 Å². The van der Waals surface area contributed by atoms with Gasteiger partial charge < -0.3 is 10.1 Å². The standard InChI is InChI=1S/C22H23N3O2/c1-2-19(17-9-5-3-6-10-17)22(26)23-15-16-27-21-14-13-20(24-25-21)18-11-7-4-8-12-18/h3-14,19H,2,15-16H2,1H3,(H,23,26)/t19-/m0/s1. The van der Waals surface area contributed by atoms with Crippen LogP contribution in [0.5, 0.6) is 5.88 Å². The summed E-state index contributed by atoms with van der Waals surface area (Å²) in [6, 6.07) is 23.3. The Morgan fingerprint density at radius 3 is 2.30 bits per heavy atom. The topological polar surface area (TPSA) is 64.1 Å². The second-order valence-corrected chi connectivity index (χ2v) is 6.13. The van der Waals surface area contributed by atoms with Crippen molar-refractivity contribution in [2.75, 3.05) is 13.2 Å². The smallest absolute Gasteiger partial charge is 0.233 e. The molecule has 5 heteroatoms. The number of aromatic nitrogens is 2. The molecule has 0 aliphatic rings. The minimum Gasteiger partial charge on any atom is -0.475 e. The van der Waals surface area contributed by atoms with Gasteiger partial charge in [0.15, 0.2) is 0 Å². The fourth-order valence-electron chi connectivity index (χ4n) is 2.87. The number of amides is 1. The van der Waals surface area contributed by atoms with Crippen molar-refractivity contribution in [2.24, 2.45) is 0 Å². The maximum absolute atomic E-state index is 12.4. The molecule has 0 fully saturated rings. The highest BCUT2D eigenvalue weighted by atomic mass is 16.5. The lowest BCUT2D eigenvalue weighted by molar-refractivity contribution is -0.122. The van der Waals surface area contributed by atoms with Crippen LogP contribution in [0.2, 0.25) is 0 Å². The van der Waals surface area contributed by atoms with Gasteiger partial charge in [-0.2, -0.15) is 0 Å². The van der Waals surface area contributed by atoms with Gasteiger partial charge in [0.2, 0.25) is 11.8 Å². The minimum absolute atomic E-state index is 0.0119. The highest BCUT2D eigenvalue weighted by molar-refractivity contribution is 5.83. The molecule has 0 bridgehead atoms. The third-order valence-corrected chi connectivity index (χ3v) is 4.29. The number of nitrogens with one attached hydrogen (secondary N) is 1. The SMILES string of the molecule is CC[C@H](C(=O)NCCOc1ccc(-c2ccccc2)nn1)c1ccccc1. The fraction of sp³-hybridized carbons (Fsp3) is 0.227. The summed E-state index contributed by atoms with van der Waals surface area (Å²) >= 11 is 0. The summed E-state index contributed by atoms with van der Waals surface area (Å²) in [5.74, 6) is 0.313. The van der Waals surface area contributed by atoms with Crippen LogP contribution in [0, 0.1) is 0 Å². The number of benzene rings is 2. The van der Waals surface area contributed by atoms with E-state index in [1.165, 1.54) is 0 Å².